The van der Waals surface area contributed by atoms with Crippen molar-refractivity contribution in [2.75, 3.05) is 13.7 Å². The Kier molecular flexibility index (Phi) is 5.98. The van der Waals surface area contributed by atoms with E-state index in [1.165, 1.54) is 5.56 Å². The maximum atomic E-state index is 5.69. The molecule has 0 amide bonds. The normalized spacial score (nSPS) is 10.9. The van der Waals surface area contributed by atoms with Crippen molar-refractivity contribution in [3.05, 3.63) is 23.4 Å². The van der Waals surface area contributed by atoms with Gasteiger partial charge in [0.2, 0.25) is 5.88 Å². The smallest absolute Gasteiger partial charge is 0.213 e. The number of rotatable bonds is 7. The maximum Gasteiger partial charge on any atom is 0.213 e. The monoisotopic (exact) mass is 236 g/mol. The summed E-state index contributed by atoms with van der Waals surface area (Å²) in [5.74, 6) is 1.19. The summed E-state index contributed by atoms with van der Waals surface area (Å²) in [7, 11) is 1.95. The first-order valence-corrected chi connectivity index (χ1v) is 6.45. The minimum absolute atomic E-state index is 0.431. The molecule has 0 aliphatic rings. The molecule has 3 heteroatoms. The third-order valence-corrected chi connectivity index (χ3v) is 2.60. The lowest BCUT2D eigenvalue weighted by atomic mass is 10.1. The predicted molar refractivity (Wildman–Crippen MR) is 71.5 cm³/mol. The van der Waals surface area contributed by atoms with Crippen molar-refractivity contribution in [1.29, 1.82) is 0 Å². The van der Waals surface area contributed by atoms with Crippen LogP contribution < -0.4 is 10.1 Å². The summed E-state index contributed by atoms with van der Waals surface area (Å²) in [6.45, 7) is 8.08. The summed E-state index contributed by atoms with van der Waals surface area (Å²) in [5.41, 5.74) is 2.34. The van der Waals surface area contributed by atoms with Crippen LogP contribution in [0.15, 0.2) is 12.1 Å². The van der Waals surface area contributed by atoms with Crippen LogP contribution in [0.4, 0.5) is 0 Å². The third kappa shape index (κ3) is 4.73. The van der Waals surface area contributed by atoms with E-state index in [4.69, 9.17) is 4.74 Å². The molecule has 96 valence electrons. The van der Waals surface area contributed by atoms with E-state index < -0.39 is 0 Å². The summed E-state index contributed by atoms with van der Waals surface area (Å²) in [6.07, 6.45) is 2.22. The molecule has 1 rings (SSSR count). The van der Waals surface area contributed by atoms with E-state index in [9.17, 15) is 0 Å². The van der Waals surface area contributed by atoms with Crippen LogP contribution in [-0.4, -0.2) is 18.6 Å². The molecule has 3 nitrogen and oxygen atoms in total. The highest BCUT2D eigenvalue weighted by atomic mass is 16.5. The maximum absolute atomic E-state index is 5.69. The van der Waals surface area contributed by atoms with Gasteiger partial charge in [-0.15, -0.1) is 0 Å². The van der Waals surface area contributed by atoms with Crippen LogP contribution in [0.1, 0.15) is 50.8 Å². The van der Waals surface area contributed by atoms with Gasteiger partial charge in [-0.2, -0.15) is 0 Å². The molecule has 1 N–H and O–H groups in total. The minimum Gasteiger partial charge on any atom is -0.478 e. The zero-order valence-electron chi connectivity index (χ0n) is 11.4. The largest absolute Gasteiger partial charge is 0.478 e. The van der Waals surface area contributed by atoms with Crippen LogP contribution >= 0.6 is 0 Å². The first kappa shape index (κ1) is 14.0. The second-order valence-corrected chi connectivity index (χ2v) is 4.63. The topological polar surface area (TPSA) is 34.1 Å². The Labute approximate surface area is 105 Å². The molecule has 0 unspecified atom stereocenters. The van der Waals surface area contributed by atoms with Crippen molar-refractivity contribution in [2.45, 2.75) is 46.1 Å². The van der Waals surface area contributed by atoms with Crippen molar-refractivity contribution < 1.29 is 4.74 Å². The van der Waals surface area contributed by atoms with Crippen molar-refractivity contribution in [3.8, 4) is 5.88 Å². The molecule has 0 radical (unpaired) electrons. The van der Waals surface area contributed by atoms with Gasteiger partial charge in [0.1, 0.15) is 0 Å². The molecule has 0 aliphatic carbocycles. The van der Waals surface area contributed by atoms with Crippen LogP contribution in [0.5, 0.6) is 5.88 Å². The van der Waals surface area contributed by atoms with Gasteiger partial charge in [0.05, 0.1) is 6.61 Å². The second-order valence-electron chi connectivity index (χ2n) is 4.63. The quantitative estimate of drug-likeness (QED) is 0.739. The molecule has 0 saturated heterocycles. The number of hydrogen-bond donors (Lipinski definition) is 1. The summed E-state index contributed by atoms with van der Waals surface area (Å²) in [6, 6.07) is 4.17. The fraction of sp³-hybridized carbons (Fsp3) is 0.643. The molecule has 17 heavy (non-hydrogen) atoms. The predicted octanol–water partition coefficient (Wildman–Crippen LogP) is 3.10. The molecule has 0 saturated carbocycles. The van der Waals surface area contributed by atoms with Gasteiger partial charge in [-0.05, 0) is 31.0 Å². The molecule has 0 fully saturated rings. The molecule has 0 aromatic carbocycles. The first-order valence-electron chi connectivity index (χ1n) is 6.45. The third-order valence-electron chi connectivity index (χ3n) is 2.60. The Balaban J connectivity index is 2.79. The van der Waals surface area contributed by atoms with Crippen molar-refractivity contribution in [1.82, 2.24) is 10.3 Å². The molecule has 0 spiro atoms. The molecular formula is C14H24N2O. The lowest BCUT2D eigenvalue weighted by molar-refractivity contribution is 0.296. The highest BCUT2D eigenvalue weighted by Gasteiger charge is 2.06. The van der Waals surface area contributed by atoms with E-state index in [0.29, 0.717) is 5.92 Å². The number of pyridine rings is 1. The number of aromatic nitrogens is 1. The highest BCUT2D eigenvalue weighted by molar-refractivity contribution is 5.26. The lowest BCUT2D eigenvalue weighted by Crippen LogP contribution is -2.08. The summed E-state index contributed by atoms with van der Waals surface area (Å²) in [5, 5.41) is 3.16. The molecule has 0 aliphatic heterocycles. The van der Waals surface area contributed by atoms with E-state index >= 15 is 0 Å². The van der Waals surface area contributed by atoms with E-state index in [2.05, 4.69) is 37.1 Å². The Morgan fingerprint density at radius 3 is 2.71 bits per heavy atom. The summed E-state index contributed by atoms with van der Waals surface area (Å²) >= 11 is 0. The van der Waals surface area contributed by atoms with Gasteiger partial charge in [-0.3, -0.25) is 0 Å². The number of hydrogen-bond acceptors (Lipinski definition) is 3. The van der Waals surface area contributed by atoms with Crippen molar-refractivity contribution in [2.24, 2.45) is 0 Å². The van der Waals surface area contributed by atoms with Crippen LogP contribution in [-0.2, 0) is 6.54 Å². The van der Waals surface area contributed by atoms with Gasteiger partial charge < -0.3 is 10.1 Å². The van der Waals surface area contributed by atoms with Crippen LogP contribution in [0.2, 0.25) is 0 Å². The van der Waals surface area contributed by atoms with Gasteiger partial charge in [0.15, 0.2) is 0 Å². The standard InChI is InChI=1S/C14H24N2O/c1-5-6-7-17-14-9-12(10-15-4)8-13(16-14)11(2)3/h8-9,11,15H,5-7,10H2,1-4H3. The Hall–Kier alpha value is -1.09. The van der Waals surface area contributed by atoms with E-state index in [1.54, 1.807) is 0 Å². The number of unbranched alkanes of at least 4 members (excludes halogenated alkanes) is 1. The zero-order valence-corrected chi connectivity index (χ0v) is 11.4. The number of nitrogens with zero attached hydrogens (tertiary/aromatic N) is 1. The Morgan fingerprint density at radius 2 is 2.12 bits per heavy atom. The van der Waals surface area contributed by atoms with Crippen LogP contribution in [0, 0.1) is 0 Å². The second kappa shape index (κ2) is 7.28. The van der Waals surface area contributed by atoms with Crippen molar-refractivity contribution in [3.63, 3.8) is 0 Å². The summed E-state index contributed by atoms with van der Waals surface area (Å²) < 4.78 is 5.69. The Morgan fingerprint density at radius 1 is 1.35 bits per heavy atom. The molecule has 0 atom stereocenters. The van der Waals surface area contributed by atoms with E-state index in [-0.39, 0.29) is 0 Å². The summed E-state index contributed by atoms with van der Waals surface area (Å²) in [4.78, 5) is 4.54. The SMILES string of the molecule is CCCCOc1cc(CNC)cc(C(C)C)n1. The average molecular weight is 236 g/mol. The molecular weight excluding hydrogens is 212 g/mol. The number of ether oxygens (including phenoxy) is 1. The molecule has 1 heterocycles. The first-order chi connectivity index (χ1) is 8.17. The Bertz CT molecular complexity index is 337. The highest BCUT2D eigenvalue weighted by Crippen LogP contribution is 2.19. The van der Waals surface area contributed by atoms with Gasteiger partial charge in [-0.25, -0.2) is 4.98 Å². The van der Waals surface area contributed by atoms with Gasteiger partial charge in [0.25, 0.3) is 0 Å². The van der Waals surface area contributed by atoms with E-state index in [0.717, 1.165) is 37.6 Å². The molecule has 1 aromatic heterocycles. The molecule has 1 aromatic rings. The molecule has 0 bridgehead atoms. The van der Waals surface area contributed by atoms with Gasteiger partial charge in [0, 0.05) is 18.3 Å². The van der Waals surface area contributed by atoms with Crippen molar-refractivity contribution >= 4 is 0 Å². The fourth-order valence-electron chi connectivity index (χ4n) is 1.58. The van der Waals surface area contributed by atoms with Gasteiger partial charge >= 0.3 is 0 Å². The zero-order chi connectivity index (χ0) is 12.7. The average Bonchev–Trinajstić information content (AvgIpc) is 2.29. The number of nitrogens with one attached hydrogen (secondary N) is 1. The van der Waals surface area contributed by atoms with Gasteiger partial charge in [-0.1, -0.05) is 27.2 Å². The minimum atomic E-state index is 0.431. The lowest BCUT2D eigenvalue weighted by Gasteiger charge is -2.11. The van der Waals surface area contributed by atoms with E-state index in [1.807, 2.05) is 13.1 Å². The van der Waals surface area contributed by atoms with Crippen LogP contribution in [0.3, 0.4) is 0 Å². The van der Waals surface area contributed by atoms with Crippen LogP contribution in [0.25, 0.3) is 0 Å². The fourth-order valence-corrected chi connectivity index (χ4v) is 1.58.